The molecule has 0 spiro atoms. The Balaban J connectivity index is 2.33. The molecule has 1 aromatic carbocycles. The van der Waals surface area contributed by atoms with Crippen LogP contribution in [0.15, 0.2) is 36.5 Å². The van der Waals surface area contributed by atoms with Crippen LogP contribution in [0.4, 0.5) is 4.39 Å². The van der Waals surface area contributed by atoms with Crippen LogP contribution in [0.3, 0.4) is 0 Å². The third-order valence-electron chi connectivity index (χ3n) is 2.78. The van der Waals surface area contributed by atoms with E-state index in [9.17, 15) is 9.18 Å². The fraction of sp³-hybridized carbons (Fsp3) is 0.200. The lowest BCUT2D eigenvalue weighted by atomic mass is 10.0. The Morgan fingerprint density at radius 3 is 2.90 bits per heavy atom. The van der Waals surface area contributed by atoms with E-state index in [0.717, 1.165) is 5.56 Å². The van der Waals surface area contributed by atoms with Gasteiger partial charge in [0.2, 0.25) is 0 Å². The van der Waals surface area contributed by atoms with E-state index < -0.39 is 0 Å². The van der Waals surface area contributed by atoms with Gasteiger partial charge in [0, 0.05) is 19.2 Å². The van der Waals surface area contributed by atoms with Crippen molar-refractivity contribution in [2.45, 2.75) is 13.3 Å². The predicted octanol–water partition coefficient (Wildman–Crippen LogP) is 3.21. The van der Waals surface area contributed by atoms with Crippen LogP contribution in [0.2, 0.25) is 5.02 Å². The van der Waals surface area contributed by atoms with Crippen molar-refractivity contribution in [3.63, 3.8) is 0 Å². The van der Waals surface area contributed by atoms with E-state index in [1.165, 1.54) is 18.3 Å². The van der Waals surface area contributed by atoms with Gasteiger partial charge in [-0.3, -0.25) is 9.78 Å². The van der Waals surface area contributed by atoms with E-state index >= 15 is 0 Å². The van der Waals surface area contributed by atoms with E-state index in [1.807, 2.05) is 6.92 Å². The Labute approximate surface area is 121 Å². The van der Waals surface area contributed by atoms with Crippen molar-refractivity contribution < 1.29 is 9.18 Å². The third kappa shape index (κ3) is 3.54. The van der Waals surface area contributed by atoms with Crippen LogP contribution in [-0.2, 0) is 6.42 Å². The first-order valence-corrected chi connectivity index (χ1v) is 6.65. The molecule has 0 fully saturated rings. The number of halogens is 2. The Morgan fingerprint density at radius 2 is 2.20 bits per heavy atom. The monoisotopic (exact) mass is 292 g/mol. The lowest BCUT2D eigenvalue weighted by Gasteiger charge is -2.09. The molecular formula is C15H14ClFN2O. The number of amides is 1. The second-order valence-electron chi connectivity index (χ2n) is 4.31. The molecule has 1 N–H and O–H groups in total. The Hall–Kier alpha value is -1.94. The Morgan fingerprint density at radius 1 is 1.40 bits per heavy atom. The summed E-state index contributed by atoms with van der Waals surface area (Å²) in [7, 11) is 0. The first-order chi connectivity index (χ1) is 9.60. The van der Waals surface area contributed by atoms with Gasteiger partial charge in [0.1, 0.15) is 5.82 Å². The molecule has 0 unspecified atom stereocenters. The number of rotatable bonds is 4. The zero-order chi connectivity index (χ0) is 14.5. The van der Waals surface area contributed by atoms with Crippen molar-refractivity contribution in [3.8, 4) is 0 Å². The topological polar surface area (TPSA) is 42.0 Å². The molecule has 1 aromatic heterocycles. The van der Waals surface area contributed by atoms with Gasteiger partial charge < -0.3 is 5.32 Å². The molecule has 0 saturated carbocycles. The molecule has 1 heterocycles. The fourth-order valence-electron chi connectivity index (χ4n) is 1.90. The minimum atomic E-state index is -0.309. The molecule has 0 atom stereocenters. The molecule has 104 valence electrons. The largest absolute Gasteiger partial charge is 0.352 e. The van der Waals surface area contributed by atoms with Crippen LogP contribution in [-0.4, -0.2) is 17.4 Å². The molecule has 3 nitrogen and oxygen atoms in total. The zero-order valence-electron chi connectivity index (χ0n) is 11.0. The molecule has 5 heteroatoms. The maximum absolute atomic E-state index is 13.2. The van der Waals surface area contributed by atoms with Gasteiger partial charge in [-0.15, -0.1) is 0 Å². The van der Waals surface area contributed by atoms with E-state index in [4.69, 9.17) is 11.6 Å². The van der Waals surface area contributed by atoms with E-state index in [-0.39, 0.29) is 11.7 Å². The molecule has 0 aliphatic carbocycles. The predicted molar refractivity (Wildman–Crippen MR) is 76.5 cm³/mol. The number of pyridine rings is 1. The first kappa shape index (κ1) is 14.5. The van der Waals surface area contributed by atoms with Crippen LogP contribution in [0.25, 0.3) is 0 Å². The number of hydrogen-bond donors (Lipinski definition) is 1. The van der Waals surface area contributed by atoms with Crippen LogP contribution in [0.5, 0.6) is 0 Å². The van der Waals surface area contributed by atoms with Gasteiger partial charge >= 0.3 is 0 Å². The number of nitrogens with zero attached hydrogens (tertiary/aromatic N) is 1. The second-order valence-corrected chi connectivity index (χ2v) is 4.75. The number of hydrogen-bond acceptors (Lipinski definition) is 2. The molecule has 2 aromatic rings. The molecule has 20 heavy (non-hydrogen) atoms. The van der Waals surface area contributed by atoms with E-state index in [0.29, 0.717) is 29.2 Å². The van der Waals surface area contributed by atoms with Gasteiger partial charge in [0.25, 0.3) is 5.91 Å². The van der Waals surface area contributed by atoms with Crippen LogP contribution in [0, 0.1) is 5.82 Å². The van der Waals surface area contributed by atoms with Gasteiger partial charge in [0.05, 0.1) is 16.3 Å². The number of benzene rings is 1. The van der Waals surface area contributed by atoms with Crippen molar-refractivity contribution in [2.24, 2.45) is 0 Å². The maximum atomic E-state index is 13.2. The number of nitrogens with one attached hydrogen (secondary N) is 1. The summed E-state index contributed by atoms with van der Waals surface area (Å²) in [6, 6.07) is 7.81. The number of carbonyl (C=O) groups excluding carboxylic acids is 1. The average Bonchev–Trinajstić information content (AvgIpc) is 2.41. The third-order valence-corrected chi connectivity index (χ3v) is 2.99. The molecule has 0 aliphatic heterocycles. The van der Waals surface area contributed by atoms with Gasteiger partial charge in [-0.05, 0) is 30.7 Å². The molecule has 2 rings (SSSR count). The number of carbonyl (C=O) groups is 1. The SMILES string of the molecule is CCNC(=O)c1cc(Cl)cnc1Cc1cccc(F)c1. The fourth-order valence-corrected chi connectivity index (χ4v) is 2.06. The maximum Gasteiger partial charge on any atom is 0.253 e. The summed E-state index contributed by atoms with van der Waals surface area (Å²) in [6.45, 7) is 2.35. The molecule has 0 bridgehead atoms. The van der Waals surface area contributed by atoms with Gasteiger partial charge in [-0.1, -0.05) is 23.7 Å². The molecule has 0 radical (unpaired) electrons. The highest BCUT2D eigenvalue weighted by atomic mass is 35.5. The summed E-state index contributed by atoms with van der Waals surface area (Å²) >= 11 is 5.89. The quantitative estimate of drug-likeness (QED) is 0.940. The highest BCUT2D eigenvalue weighted by Gasteiger charge is 2.13. The summed E-state index contributed by atoms with van der Waals surface area (Å²) < 4.78 is 13.2. The van der Waals surface area contributed by atoms with Crippen molar-refractivity contribution in [1.82, 2.24) is 10.3 Å². The normalized spacial score (nSPS) is 10.3. The standard InChI is InChI=1S/C15H14ClFN2O/c1-2-18-15(20)13-8-11(16)9-19-14(13)7-10-4-3-5-12(17)6-10/h3-6,8-9H,2,7H2,1H3,(H,18,20). The lowest BCUT2D eigenvalue weighted by molar-refractivity contribution is 0.0954. The van der Waals surface area contributed by atoms with Crippen LogP contribution >= 0.6 is 11.6 Å². The van der Waals surface area contributed by atoms with Gasteiger partial charge in [-0.2, -0.15) is 0 Å². The summed E-state index contributed by atoms with van der Waals surface area (Å²) in [4.78, 5) is 16.2. The lowest BCUT2D eigenvalue weighted by Crippen LogP contribution is -2.24. The van der Waals surface area contributed by atoms with Crippen LogP contribution < -0.4 is 5.32 Å². The molecular weight excluding hydrogens is 279 g/mol. The molecule has 0 saturated heterocycles. The Kier molecular flexibility index (Phi) is 4.69. The Bertz CT molecular complexity index is 631. The second kappa shape index (κ2) is 6.48. The minimum Gasteiger partial charge on any atom is -0.352 e. The summed E-state index contributed by atoms with van der Waals surface area (Å²) in [5, 5.41) is 3.11. The average molecular weight is 293 g/mol. The zero-order valence-corrected chi connectivity index (χ0v) is 11.7. The minimum absolute atomic E-state index is 0.228. The first-order valence-electron chi connectivity index (χ1n) is 6.27. The van der Waals surface area contributed by atoms with Crippen molar-refractivity contribution >= 4 is 17.5 Å². The summed E-state index contributed by atoms with van der Waals surface area (Å²) in [5.74, 6) is -0.537. The van der Waals surface area contributed by atoms with Crippen molar-refractivity contribution in [3.05, 3.63) is 64.2 Å². The molecule has 0 aliphatic rings. The van der Waals surface area contributed by atoms with Crippen molar-refractivity contribution in [1.29, 1.82) is 0 Å². The summed E-state index contributed by atoms with van der Waals surface area (Å²) in [5.41, 5.74) is 1.75. The van der Waals surface area contributed by atoms with Crippen molar-refractivity contribution in [2.75, 3.05) is 6.54 Å². The van der Waals surface area contributed by atoms with E-state index in [2.05, 4.69) is 10.3 Å². The van der Waals surface area contributed by atoms with E-state index in [1.54, 1.807) is 18.2 Å². The summed E-state index contributed by atoms with van der Waals surface area (Å²) in [6.07, 6.45) is 1.86. The number of aromatic nitrogens is 1. The highest BCUT2D eigenvalue weighted by Crippen LogP contribution is 2.17. The van der Waals surface area contributed by atoms with Gasteiger partial charge in [0.15, 0.2) is 0 Å². The smallest absolute Gasteiger partial charge is 0.253 e. The van der Waals surface area contributed by atoms with Crippen LogP contribution in [0.1, 0.15) is 28.5 Å². The molecule has 1 amide bonds. The highest BCUT2D eigenvalue weighted by molar-refractivity contribution is 6.30. The van der Waals surface area contributed by atoms with Gasteiger partial charge in [-0.25, -0.2) is 4.39 Å².